The van der Waals surface area contributed by atoms with E-state index < -0.39 is 17.7 Å². The summed E-state index contributed by atoms with van der Waals surface area (Å²) in [6.45, 7) is 8.44. The van der Waals surface area contributed by atoms with Gasteiger partial charge in [0.1, 0.15) is 12.7 Å². The van der Waals surface area contributed by atoms with Gasteiger partial charge in [0.25, 0.3) is 0 Å². The number of nitrogens with one attached hydrogen (secondary N) is 1. The first-order valence-corrected chi connectivity index (χ1v) is 11.2. The smallest absolute Gasteiger partial charge is 0.407 e. The van der Waals surface area contributed by atoms with E-state index in [0.717, 1.165) is 31.5 Å². The average Bonchev–Trinajstić information content (AvgIpc) is 3.03. The molecule has 4 rings (SSSR count). The minimum atomic E-state index is -0.878. The summed E-state index contributed by atoms with van der Waals surface area (Å²) in [6, 6.07) is 9.73. The van der Waals surface area contributed by atoms with Crippen LogP contribution in [0.15, 0.2) is 30.3 Å². The number of likely N-dealkylation sites (tertiary alicyclic amines) is 1. The maximum absolute atomic E-state index is 12.1. The lowest BCUT2D eigenvalue weighted by molar-refractivity contribution is -0.290. The van der Waals surface area contributed by atoms with Crippen molar-refractivity contribution in [2.75, 3.05) is 26.2 Å². The highest BCUT2D eigenvalue weighted by Gasteiger charge is 2.60. The van der Waals surface area contributed by atoms with Crippen LogP contribution in [0.3, 0.4) is 0 Å². The second-order valence-corrected chi connectivity index (χ2v) is 9.35. The van der Waals surface area contributed by atoms with Crippen molar-refractivity contribution in [3.63, 3.8) is 0 Å². The van der Waals surface area contributed by atoms with Crippen molar-refractivity contribution in [3.05, 3.63) is 35.9 Å². The Morgan fingerprint density at radius 2 is 1.97 bits per heavy atom. The number of hydrogen-bond donors (Lipinski definition) is 2. The number of piperidine rings is 1. The standard InChI is InChI=1S/C23H34N2O6/c1-16-19(26)14-29-23(20(16)30-22(2,3)31-23)15-25-11-9-18(10-12-25)24-21(27)28-13-17-7-5-4-6-8-17/h4-8,16,18-20,26H,9-15H2,1-3H3,(H,24,27)/t16-,19-,20+,23+/m1/s1. The van der Waals surface area contributed by atoms with Gasteiger partial charge in [0.05, 0.1) is 19.3 Å². The van der Waals surface area contributed by atoms with Gasteiger partial charge in [-0.3, -0.25) is 4.90 Å². The van der Waals surface area contributed by atoms with Gasteiger partial charge in [-0.2, -0.15) is 0 Å². The number of aliphatic hydroxyl groups excluding tert-OH is 1. The summed E-state index contributed by atoms with van der Waals surface area (Å²) < 4.78 is 23.7. The molecule has 1 amide bonds. The van der Waals surface area contributed by atoms with E-state index in [2.05, 4.69) is 10.2 Å². The third kappa shape index (κ3) is 5.21. The van der Waals surface area contributed by atoms with E-state index in [-0.39, 0.29) is 37.4 Å². The Hall–Kier alpha value is -1.71. The Kier molecular flexibility index (Phi) is 6.55. The van der Waals surface area contributed by atoms with Crippen molar-refractivity contribution in [2.24, 2.45) is 5.92 Å². The maximum atomic E-state index is 12.1. The van der Waals surface area contributed by atoms with Crippen LogP contribution in [-0.2, 0) is 25.6 Å². The van der Waals surface area contributed by atoms with Crippen LogP contribution in [-0.4, -0.2) is 72.2 Å². The molecule has 172 valence electrons. The fourth-order valence-corrected chi connectivity index (χ4v) is 4.74. The zero-order chi connectivity index (χ0) is 22.1. The van der Waals surface area contributed by atoms with Crippen molar-refractivity contribution >= 4 is 6.09 Å². The van der Waals surface area contributed by atoms with E-state index in [0.29, 0.717) is 6.54 Å². The molecule has 3 fully saturated rings. The summed E-state index contributed by atoms with van der Waals surface area (Å²) in [4.78, 5) is 14.4. The molecule has 0 saturated carbocycles. The number of rotatable bonds is 5. The van der Waals surface area contributed by atoms with Crippen LogP contribution in [0.5, 0.6) is 0 Å². The molecule has 0 spiro atoms. The molecular weight excluding hydrogens is 400 g/mol. The van der Waals surface area contributed by atoms with Crippen molar-refractivity contribution in [1.82, 2.24) is 10.2 Å². The van der Waals surface area contributed by atoms with Gasteiger partial charge >= 0.3 is 6.09 Å². The highest BCUT2D eigenvalue weighted by atomic mass is 16.8. The molecule has 2 N–H and O–H groups in total. The number of carbonyl (C=O) groups excluding carboxylic acids is 1. The van der Waals surface area contributed by atoms with Crippen molar-refractivity contribution in [3.8, 4) is 0 Å². The van der Waals surface area contributed by atoms with E-state index in [1.807, 2.05) is 51.1 Å². The lowest BCUT2D eigenvalue weighted by atomic mass is 9.88. The van der Waals surface area contributed by atoms with E-state index in [4.69, 9.17) is 18.9 Å². The third-order valence-electron chi connectivity index (χ3n) is 6.41. The summed E-state index contributed by atoms with van der Waals surface area (Å²) in [5, 5.41) is 13.2. The predicted octanol–water partition coefficient (Wildman–Crippen LogP) is 2.25. The molecule has 0 aromatic heterocycles. The fourth-order valence-electron chi connectivity index (χ4n) is 4.74. The molecule has 0 bridgehead atoms. The number of hydrogen-bond acceptors (Lipinski definition) is 7. The van der Waals surface area contributed by atoms with Gasteiger partial charge in [-0.05, 0) is 32.3 Å². The van der Waals surface area contributed by atoms with Gasteiger partial charge in [0.15, 0.2) is 5.79 Å². The first-order chi connectivity index (χ1) is 14.8. The molecule has 0 unspecified atom stereocenters. The zero-order valence-electron chi connectivity index (χ0n) is 18.6. The molecule has 3 aliphatic heterocycles. The van der Waals surface area contributed by atoms with Crippen molar-refractivity contribution < 1.29 is 28.8 Å². The van der Waals surface area contributed by atoms with Crippen LogP contribution in [0, 0.1) is 5.92 Å². The third-order valence-corrected chi connectivity index (χ3v) is 6.41. The second kappa shape index (κ2) is 9.03. The largest absolute Gasteiger partial charge is 0.445 e. The molecule has 3 heterocycles. The first-order valence-electron chi connectivity index (χ1n) is 11.2. The Labute approximate surface area is 183 Å². The van der Waals surface area contributed by atoms with Gasteiger partial charge < -0.3 is 29.4 Å². The molecule has 8 heteroatoms. The first kappa shape index (κ1) is 22.5. The Bertz CT molecular complexity index is 752. The topological polar surface area (TPSA) is 89.5 Å². The molecule has 1 aromatic carbocycles. The number of nitrogens with zero attached hydrogens (tertiary/aromatic N) is 1. The molecule has 1 aromatic rings. The quantitative estimate of drug-likeness (QED) is 0.735. The molecule has 0 aliphatic carbocycles. The normalized spacial score (nSPS) is 33.6. The van der Waals surface area contributed by atoms with E-state index in [1.165, 1.54) is 0 Å². The van der Waals surface area contributed by atoms with Gasteiger partial charge in [0, 0.05) is 25.0 Å². The number of aliphatic hydroxyl groups is 1. The molecule has 3 aliphatic rings. The summed E-state index contributed by atoms with van der Waals surface area (Å²) in [5.41, 5.74) is 0.967. The number of amides is 1. The summed E-state index contributed by atoms with van der Waals surface area (Å²) >= 11 is 0. The minimum Gasteiger partial charge on any atom is -0.445 e. The summed E-state index contributed by atoms with van der Waals surface area (Å²) in [6.07, 6.45) is 0.379. The molecule has 31 heavy (non-hydrogen) atoms. The summed E-state index contributed by atoms with van der Waals surface area (Å²) in [5.74, 6) is -1.71. The molecule has 0 radical (unpaired) electrons. The van der Waals surface area contributed by atoms with Crippen LogP contribution in [0.2, 0.25) is 0 Å². The van der Waals surface area contributed by atoms with Gasteiger partial charge in [-0.1, -0.05) is 37.3 Å². The van der Waals surface area contributed by atoms with Gasteiger partial charge in [0.2, 0.25) is 5.79 Å². The zero-order valence-corrected chi connectivity index (χ0v) is 18.6. The Morgan fingerprint density at radius 3 is 2.68 bits per heavy atom. The van der Waals surface area contributed by atoms with Crippen LogP contribution in [0.4, 0.5) is 4.79 Å². The van der Waals surface area contributed by atoms with E-state index in [1.54, 1.807) is 0 Å². The van der Waals surface area contributed by atoms with Crippen LogP contribution in [0.25, 0.3) is 0 Å². The maximum Gasteiger partial charge on any atom is 0.407 e. The van der Waals surface area contributed by atoms with Crippen LogP contribution >= 0.6 is 0 Å². The van der Waals surface area contributed by atoms with E-state index >= 15 is 0 Å². The van der Waals surface area contributed by atoms with Crippen molar-refractivity contribution in [1.29, 1.82) is 0 Å². The highest BCUT2D eigenvalue weighted by Crippen LogP contribution is 2.45. The van der Waals surface area contributed by atoms with Gasteiger partial charge in [-0.15, -0.1) is 0 Å². The second-order valence-electron chi connectivity index (χ2n) is 9.35. The predicted molar refractivity (Wildman–Crippen MR) is 113 cm³/mol. The van der Waals surface area contributed by atoms with E-state index in [9.17, 15) is 9.90 Å². The number of benzene rings is 1. The Balaban J connectivity index is 1.26. The Morgan fingerprint density at radius 1 is 1.26 bits per heavy atom. The molecule has 3 saturated heterocycles. The lowest BCUT2D eigenvalue weighted by Gasteiger charge is -2.45. The number of alkyl carbamates (subject to hydrolysis) is 1. The van der Waals surface area contributed by atoms with Crippen molar-refractivity contribution in [2.45, 2.75) is 70.0 Å². The summed E-state index contributed by atoms with van der Waals surface area (Å²) in [7, 11) is 0. The number of carbonyl (C=O) groups is 1. The SMILES string of the molecule is C[C@@H]1[C@H](O)CO[C@@]2(CN3CCC(NC(=O)OCc4ccccc4)CC3)OC(C)(C)O[C@@H]12. The number of ether oxygens (including phenoxy) is 4. The minimum absolute atomic E-state index is 0.0749. The number of fused-ring (bicyclic) bond motifs is 1. The molecule has 8 nitrogen and oxygen atoms in total. The molecular formula is C23H34N2O6. The fraction of sp³-hybridized carbons (Fsp3) is 0.696. The van der Waals surface area contributed by atoms with Crippen LogP contribution in [0.1, 0.15) is 39.2 Å². The molecule has 4 atom stereocenters. The lowest BCUT2D eigenvalue weighted by Crippen LogP contribution is -2.61. The van der Waals surface area contributed by atoms with Crippen LogP contribution < -0.4 is 5.32 Å². The highest BCUT2D eigenvalue weighted by molar-refractivity contribution is 5.67. The monoisotopic (exact) mass is 434 g/mol. The average molecular weight is 435 g/mol. The van der Waals surface area contributed by atoms with Gasteiger partial charge in [-0.25, -0.2) is 4.79 Å².